The van der Waals surface area contributed by atoms with Crippen molar-refractivity contribution in [3.05, 3.63) is 70.8 Å². The molecule has 3 rings (SSSR count). The number of aliphatic hydroxyl groups is 1. The number of allylic oxidation sites excluding steroid dienone is 2. The van der Waals surface area contributed by atoms with Gasteiger partial charge < -0.3 is 24.1 Å². The third-order valence-corrected chi connectivity index (χ3v) is 4.75. The van der Waals surface area contributed by atoms with Gasteiger partial charge in [0.15, 0.2) is 11.6 Å². The maximum Gasteiger partial charge on any atom is 0.194 e. The summed E-state index contributed by atoms with van der Waals surface area (Å²) >= 11 is 0. The maximum absolute atomic E-state index is 13.0. The van der Waals surface area contributed by atoms with Crippen LogP contribution in [0.4, 0.5) is 0 Å². The minimum absolute atomic E-state index is 0.00299. The standard InChI is InChI=1S/C23H26O7/c1-16-6-7-19-20(22(26)18-5-3-2-4-17(18)21(19)25)23(16)30-15-14-29-13-12-28-11-10-27-9-8-24/h2-7,23-24H,1,8-15H2. The second-order valence-corrected chi connectivity index (χ2v) is 6.75. The average Bonchev–Trinajstić information content (AvgIpc) is 2.76. The number of aliphatic hydroxyl groups excluding tert-OH is 1. The van der Waals surface area contributed by atoms with Crippen LogP contribution in [-0.4, -0.2) is 75.6 Å². The lowest BCUT2D eigenvalue weighted by Crippen LogP contribution is -2.33. The topological polar surface area (TPSA) is 91.3 Å². The van der Waals surface area contributed by atoms with Crippen LogP contribution in [0.15, 0.2) is 59.7 Å². The number of hydrogen-bond donors (Lipinski definition) is 1. The molecule has 2 aliphatic carbocycles. The van der Waals surface area contributed by atoms with Crippen LogP contribution >= 0.6 is 0 Å². The van der Waals surface area contributed by atoms with Gasteiger partial charge in [0.05, 0.1) is 52.9 Å². The van der Waals surface area contributed by atoms with Gasteiger partial charge in [-0.3, -0.25) is 9.59 Å². The van der Waals surface area contributed by atoms with Gasteiger partial charge in [-0.2, -0.15) is 0 Å². The molecule has 2 aliphatic rings. The second-order valence-electron chi connectivity index (χ2n) is 6.75. The molecule has 0 amide bonds. The molecule has 0 spiro atoms. The maximum atomic E-state index is 13.0. The van der Waals surface area contributed by atoms with Crippen molar-refractivity contribution in [2.24, 2.45) is 0 Å². The Labute approximate surface area is 175 Å². The number of rotatable bonds is 12. The van der Waals surface area contributed by atoms with E-state index >= 15 is 0 Å². The zero-order valence-corrected chi connectivity index (χ0v) is 16.8. The van der Waals surface area contributed by atoms with Gasteiger partial charge >= 0.3 is 0 Å². The van der Waals surface area contributed by atoms with Crippen molar-refractivity contribution >= 4 is 11.6 Å². The fourth-order valence-corrected chi connectivity index (χ4v) is 3.32. The highest BCUT2D eigenvalue weighted by Crippen LogP contribution is 2.35. The predicted molar refractivity (Wildman–Crippen MR) is 110 cm³/mol. The molecule has 0 fully saturated rings. The molecule has 160 valence electrons. The first-order valence-electron chi connectivity index (χ1n) is 9.90. The van der Waals surface area contributed by atoms with Crippen molar-refractivity contribution < 1.29 is 33.6 Å². The first-order valence-corrected chi connectivity index (χ1v) is 9.90. The first-order chi connectivity index (χ1) is 14.6. The zero-order valence-electron chi connectivity index (χ0n) is 16.8. The molecule has 0 bridgehead atoms. The number of hydrogen-bond acceptors (Lipinski definition) is 7. The minimum atomic E-state index is -0.668. The number of ketones is 2. The van der Waals surface area contributed by atoms with Gasteiger partial charge in [-0.25, -0.2) is 0 Å². The summed E-state index contributed by atoms with van der Waals surface area (Å²) in [6, 6.07) is 6.82. The summed E-state index contributed by atoms with van der Waals surface area (Å²) in [7, 11) is 0. The molecular weight excluding hydrogens is 388 g/mol. The predicted octanol–water partition coefficient (Wildman–Crippen LogP) is 1.92. The highest BCUT2D eigenvalue weighted by Gasteiger charge is 2.37. The summed E-state index contributed by atoms with van der Waals surface area (Å²) in [6.45, 7) is 6.51. The quantitative estimate of drug-likeness (QED) is 0.523. The summed E-state index contributed by atoms with van der Waals surface area (Å²) in [6.07, 6.45) is 2.69. The molecule has 7 heteroatoms. The van der Waals surface area contributed by atoms with E-state index in [1.807, 2.05) is 0 Å². The highest BCUT2D eigenvalue weighted by atomic mass is 16.6. The monoisotopic (exact) mass is 414 g/mol. The normalized spacial score (nSPS) is 18.0. The van der Waals surface area contributed by atoms with Crippen LogP contribution in [0.2, 0.25) is 0 Å². The third kappa shape index (κ3) is 5.19. The number of carbonyl (C=O) groups excluding carboxylic acids is 2. The Morgan fingerprint density at radius 1 is 0.800 bits per heavy atom. The Balaban J connectivity index is 1.47. The van der Waals surface area contributed by atoms with E-state index in [1.165, 1.54) is 0 Å². The number of ether oxygens (including phenoxy) is 4. The van der Waals surface area contributed by atoms with Crippen LogP contribution < -0.4 is 0 Å². The fourth-order valence-electron chi connectivity index (χ4n) is 3.32. The van der Waals surface area contributed by atoms with Gasteiger partial charge in [-0.05, 0) is 5.57 Å². The Morgan fingerprint density at radius 3 is 2.00 bits per heavy atom. The second kappa shape index (κ2) is 11.1. The molecule has 1 aromatic rings. The average molecular weight is 414 g/mol. The van der Waals surface area contributed by atoms with E-state index in [2.05, 4.69) is 6.58 Å². The van der Waals surface area contributed by atoms with Gasteiger partial charge in [0.2, 0.25) is 0 Å². The molecular formula is C23H26O7. The van der Waals surface area contributed by atoms with Crippen molar-refractivity contribution in [1.82, 2.24) is 0 Å². The largest absolute Gasteiger partial charge is 0.394 e. The SMILES string of the molecule is C=C1C=CC2=C(C(=O)c3ccccc3C2=O)C1OCCOCCOCCOCCO. The molecule has 0 aromatic heterocycles. The van der Waals surface area contributed by atoms with Crippen LogP contribution in [-0.2, 0) is 18.9 Å². The Bertz CT molecular complexity index is 853. The lowest BCUT2D eigenvalue weighted by atomic mass is 9.78. The molecule has 0 saturated heterocycles. The van der Waals surface area contributed by atoms with Crippen molar-refractivity contribution in [2.45, 2.75) is 6.10 Å². The highest BCUT2D eigenvalue weighted by molar-refractivity contribution is 6.28. The summed E-state index contributed by atoms with van der Waals surface area (Å²) in [5, 5.41) is 8.59. The van der Waals surface area contributed by atoms with Gasteiger partial charge in [0.25, 0.3) is 0 Å². The first kappa shape index (κ1) is 22.3. The summed E-state index contributed by atoms with van der Waals surface area (Å²) in [5.74, 6) is -0.373. The Hall–Kier alpha value is -2.42. The molecule has 0 radical (unpaired) electrons. The molecule has 1 aromatic carbocycles. The number of carbonyl (C=O) groups is 2. The van der Waals surface area contributed by atoms with Crippen LogP contribution in [0.5, 0.6) is 0 Å². The van der Waals surface area contributed by atoms with Crippen LogP contribution in [0, 0.1) is 0 Å². The van der Waals surface area contributed by atoms with E-state index in [1.54, 1.807) is 36.4 Å². The van der Waals surface area contributed by atoms with E-state index in [9.17, 15) is 9.59 Å². The van der Waals surface area contributed by atoms with Gasteiger partial charge in [-0.15, -0.1) is 0 Å². The third-order valence-electron chi connectivity index (χ3n) is 4.75. The van der Waals surface area contributed by atoms with E-state index < -0.39 is 6.10 Å². The summed E-state index contributed by atoms with van der Waals surface area (Å²) < 4.78 is 21.8. The summed E-state index contributed by atoms with van der Waals surface area (Å²) in [5.41, 5.74) is 2.16. The fraction of sp³-hybridized carbons (Fsp3) is 0.391. The Morgan fingerprint density at radius 2 is 1.37 bits per heavy atom. The van der Waals surface area contributed by atoms with E-state index in [4.69, 9.17) is 24.1 Å². The molecule has 1 N–H and O–H groups in total. The van der Waals surface area contributed by atoms with E-state index in [0.717, 1.165) is 0 Å². The van der Waals surface area contributed by atoms with Crippen molar-refractivity contribution in [3.8, 4) is 0 Å². The minimum Gasteiger partial charge on any atom is -0.394 e. The lowest BCUT2D eigenvalue weighted by Gasteiger charge is -2.29. The molecule has 7 nitrogen and oxygen atoms in total. The van der Waals surface area contributed by atoms with E-state index in [-0.39, 0.29) is 24.8 Å². The van der Waals surface area contributed by atoms with Crippen molar-refractivity contribution in [2.75, 3.05) is 52.9 Å². The molecule has 0 saturated carbocycles. The molecule has 0 aliphatic heterocycles. The van der Waals surface area contributed by atoms with Crippen molar-refractivity contribution in [3.63, 3.8) is 0 Å². The smallest absolute Gasteiger partial charge is 0.194 e. The van der Waals surface area contributed by atoms with Crippen molar-refractivity contribution in [1.29, 1.82) is 0 Å². The number of fused-ring (bicyclic) bond motifs is 1. The van der Waals surface area contributed by atoms with Gasteiger partial charge in [0, 0.05) is 22.3 Å². The summed E-state index contributed by atoms with van der Waals surface area (Å²) in [4.78, 5) is 25.8. The lowest BCUT2D eigenvalue weighted by molar-refractivity contribution is -0.00976. The van der Waals surface area contributed by atoms with Gasteiger partial charge in [-0.1, -0.05) is 43.0 Å². The van der Waals surface area contributed by atoms with Gasteiger partial charge in [0.1, 0.15) is 6.10 Å². The Kier molecular flexibility index (Phi) is 8.24. The van der Waals surface area contributed by atoms with Crippen LogP contribution in [0.3, 0.4) is 0 Å². The molecule has 1 unspecified atom stereocenters. The number of Topliss-reactive ketones (excluding diaryl/α,β-unsaturated/α-hetero) is 2. The molecule has 30 heavy (non-hydrogen) atoms. The van der Waals surface area contributed by atoms with Crippen LogP contribution in [0.1, 0.15) is 20.7 Å². The van der Waals surface area contributed by atoms with Crippen LogP contribution in [0.25, 0.3) is 0 Å². The molecule has 0 heterocycles. The zero-order chi connectivity index (χ0) is 21.3. The number of benzene rings is 1. The molecule has 1 atom stereocenters. The van der Waals surface area contributed by atoms with E-state index in [0.29, 0.717) is 67.5 Å².